The fraction of sp³-hybridized carbons (Fsp3) is 0.337. The summed E-state index contributed by atoms with van der Waals surface area (Å²) >= 11 is 0. The molecule has 20 rings (SSSR count). The monoisotopic (exact) mass is 1930 g/mol. The number of aryl methyl sites for hydroxylation is 7. The summed E-state index contributed by atoms with van der Waals surface area (Å²) in [6.45, 7) is 27.5. The van der Waals surface area contributed by atoms with Crippen molar-refractivity contribution in [2.45, 2.75) is 126 Å². The van der Waals surface area contributed by atoms with E-state index in [-0.39, 0.29) is 92.9 Å². The number of likely N-dealkylation sites (N-methyl/N-ethyl adjacent to an activating group) is 2. The maximum absolute atomic E-state index is 14.9. The summed E-state index contributed by atoms with van der Waals surface area (Å²) < 4.78 is 126. The van der Waals surface area contributed by atoms with Gasteiger partial charge in [0, 0.05) is 175 Å². The number of rotatable bonds is 23. The van der Waals surface area contributed by atoms with Crippen LogP contribution in [0.1, 0.15) is 102 Å². The molecule has 4 aliphatic heterocycles. The van der Waals surface area contributed by atoms with Gasteiger partial charge in [-0.3, -0.25) is 14.7 Å². The van der Waals surface area contributed by atoms with Crippen molar-refractivity contribution in [3.63, 3.8) is 0 Å². The van der Waals surface area contributed by atoms with E-state index in [0.29, 0.717) is 130 Å². The van der Waals surface area contributed by atoms with Gasteiger partial charge in [0.1, 0.15) is 91.4 Å². The number of fused-ring (bicyclic) bond motifs is 8. The summed E-state index contributed by atoms with van der Waals surface area (Å²) in [5, 5.41) is 27.4. The normalized spacial score (nSPS) is 13.9. The lowest BCUT2D eigenvalue weighted by Gasteiger charge is -2.29. The van der Waals surface area contributed by atoms with Gasteiger partial charge < -0.3 is 65.6 Å². The van der Waals surface area contributed by atoms with Crippen molar-refractivity contribution < 1.29 is 40.3 Å². The number of nitrogens with zero attached hydrogens (tertiary/aromatic N) is 26. The number of halogens is 9. The lowest BCUT2D eigenvalue weighted by molar-refractivity contribution is 0.224. The van der Waals surface area contributed by atoms with Crippen LogP contribution in [-0.4, -0.2) is 221 Å². The van der Waals surface area contributed by atoms with Crippen molar-refractivity contribution in [3.05, 3.63) is 237 Å². The largest absolute Gasteiger partial charge is 0.409 e. The molecule has 0 amide bonds. The third-order valence-corrected chi connectivity index (χ3v) is 24.8. The van der Waals surface area contributed by atoms with E-state index in [0.717, 1.165) is 143 Å². The highest BCUT2D eigenvalue weighted by Gasteiger charge is 2.28. The Morgan fingerprint density at radius 2 is 0.750 bits per heavy atom. The van der Waals surface area contributed by atoms with Gasteiger partial charge in [-0.25, -0.2) is 115 Å². The second-order valence-corrected chi connectivity index (χ2v) is 35.4. The predicted molar refractivity (Wildman–Crippen MR) is 525 cm³/mol. The van der Waals surface area contributed by atoms with Crippen molar-refractivity contribution >= 4 is 109 Å². The molecule has 16 heterocycles. The van der Waals surface area contributed by atoms with Gasteiger partial charge in [-0.1, -0.05) is 29.4 Å². The fourth-order valence-electron chi connectivity index (χ4n) is 17.7. The molecule has 0 fully saturated rings. The van der Waals surface area contributed by atoms with E-state index in [4.69, 9.17) is 20.9 Å². The number of amidine groups is 1. The Morgan fingerprint density at radius 3 is 1.12 bits per heavy atom. The Hall–Kier alpha value is -14.4. The maximum Gasteiger partial charge on any atom is 0.229 e. The molecule has 0 unspecified atom stereocenters. The first-order chi connectivity index (χ1) is 66.9. The van der Waals surface area contributed by atoms with Crippen LogP contribution in [0.15, 0.2) is 127 Å². The van der Waals surface area contributed by atoms with E-state index in [1.807, 2.05) is 92.5 Å². The molecule has 42 heteroatoms. The Bertz CT molecular complexity index is 7350. The third-order valence-electron chi connectivity index (χ3n) is 24.8. The first-order valence-corrected chi connectivity index (χ1v) is 45.8. The number of hydrogen-bond donors (Lipinski definition) is 7. The average molecular weight is 1940 g/mol. The van der Waals surface area contributed by atoms with Crippen molar-refractivity contribution in [1.82, 2.24) is 128 Å². The minimum absolute atomic E-state index is 0. The number of benzene rings is 4. The molecule has 0 radical (unpaired) electrons. The molecule has 0 bridgehead atoms. The molecule has 0 saturated heterocycles. The number of nitrogens with two attached hydrogens (primary N) is 1. The van der Waals surface area contributed by atoms with Crippen molar-refractivity contribution in [3.8, 4) is 45.0 Å². The zero-order valence-electron chi connectivity index (χ0n) is 79.6. The minimum Gasteiger partial charge on any atom is -0.409 e. The molecule has 140 heavy (non-hydrogen) atoms. The van der Waals surface area contributed by atoms with Crippen LogP contribution in [0.2, 0.25) is 0 Å². The first-order valence-electron chi connectivity index (χ1n) is 45.8. The molecule has 33 nitrogen and oxygen atoms in total. The maximum atomic E-state index is 14.9. The molecular formula is C98H107ClF8N32O. The summed E-state index contributed by atoms with van der Waals surface area (Å²) in [6, 6.07) is 27.3. The Labute approximate surface area is 807 Å². The Kier molecular flexibility index (Phi) is 30.0. The molecule has 12 aromatic heterocycles. The summed E-state index contributed by atoms with van der Waals surface area (Å²) in [5.74, 6) is 1.25. The van der Waals surface area contributed by atoms with E-state index in [9.17, 15) is 35.1 Å². The van der Waals surface area contributed by atoms with Crippen LogP contribution < -0.4 is 32.3 Å². The van der Waals surface area contributed by atoms with Gasteiger partial charge in [0.25, 0.3) is 0 Å². The van der Waals surface area contributed by atoms with Gasteiger partial charge >= 0.3 is 0 Å². The number of imidazole rings is 4. The summed E-state index contributed by atoms with van der Waals surface area (Å²) in [6.07, 6.45) is 7.55. The van der Waals surface area contributed by atoms with Crippen LogP contribution >= 0.6 is 12.4 Å². The lowest BCUT2D eigenvalue weighted by atomic mass is 10.1. The van der Waals surface area contributed by atoms with E-state index >= 15 is 0 Å². The van der Waals surface area contributed by atoms with Crippen molar-refractivity contribution in [1.29, 1.82) is 0 Å². The number of aromatic nitrogens is 20. The number of hydrogen-bond acceptors (Lipinski definition) is 28. The zero-order valence-corrected chi connectivity index (χ0v) is 80.5. The smallest absolute Gasteiger partial charge is 0.229 e. The van der Waals surface area contributed by atoms with Gasteiger partial charge in [0.15, 0.2) is 52.4 Å². The van der Waals surface area contributed by atoms with Crippen LogP contribution in [0.3, 0.4) is 0 Å². The van der Waals surface area contributed by atoms with Gasteiger partial charge in [0.05, 0.1) is 53.4 Å². The van der Waals surface area contributed by atoms with E-state index < -0.39 is 46.5 Å². The third kappa shape index (κ3) is 21.9. The van der Waals surface area contributed by atoms with E-state index in [1.54, 1.807) is 48.9 Å². The average Bonchev–Trinajstić information content (AvgIpc) is 1.63. The van der Waals surface area contributed by atoms with E-state index in [1.165, 1.54) is 35.4 Å². The lowest BCUT2D eigenvalue weighted by Crippen LogP contribution is -2.38. The quantitative estimate of drug-likeness (QED) is 0.0103. The highest BCUT2D eigenvalue weighted by atomic mass is 35.5. The number of nitrogens with one attached hydrogen (secondary N) is 5. The fourth-order valence-corrected chi connectivity index (χ4v) is 17.7. The Morgan fingerprint density at radius 1 is 0.421 bits per heavy atom. The van der Waals surface area contributed by atoms with Gasteiger partial charge in [-0.15, -0.1) is 12.4 Å². The van der Waals surface area contributed by atoms with Gasteiger partial charge in [-0.05, 0) is 179 Å². The summed E-state index contributed by atoms with van der Waals surface area (Å²) in [7, 11) is 10.1. The standard InChI is InChI=1S/C26H30F2N8.C25H27F2N9O.C25H28F2N8.C22H21F2N7.ClH/c1-5-36-16(2)30-25-19(27)12-18(13-22(25)36)24-20(28)14-29-26(33-24)32-23-7-6-17-15-35(11-10-34(3)4)9-8-21(17)31-23;1-13(2)36-14(3)30-24-17(26)8-16(9-20(24)36)23-18(27)10-29-25(33-23)32-22-5-4-15-11-35(12-21(28)34-37)7-6-19(15)31-22;1-15-29-24-18(26)11-17(12-21(24)34(15)4)23-19(27)13-28-25(32-23)31-22-6-5-16-14-35(10-9-33(2)3)8-7-20(16)30-22;1-3-31-12(2)27-21-15(23)8-14(9-18(21)31)20-16(24)11-26-22(30-20)29-19-5-4-13-10-25-7-6-17(13)28-19;/h6-7,12-14H,5,8-11,15H2,1-4H3,(H,29,31,32,33);4-5,8-10,13,37H,6-7,11-12H2,1-3H3,(H2,28,34)(H,29,31,32,33);5-6,11-13H,7-10,14H2,1-4H3,(H,28,30,31,32);4-5,8-9,11,25H,3,6-7,10H2,1-2H3,(H,26,28,29,30);1H. The molecule has 8 N–H and O–H groups in total. The molecule has 0 saturated carbocycles. The highest BCUT2D eigenvalue weighted by molar-refractivity contribution is 5.87. The Balaban J connectivity index is 0.000000135. The van der Waals surface area contributed by atoms with Gasteiger partial charge in [0.2, 0.25) is 23.8 Å². The SMILES string of the molecule is CCn1c(C)nc2c(F)cc(-c3nc(Nc4ccc5c(n4)CCN(CCN(C)C)C5)ncc3F)cc21.CCn1c(C)nc2c(F)cc(-c3nc(Nc4ccc5c(n4)CCNC5)ncc3F)cc21.Cc1nc2c(F)cc(-c3nc(Nc4ccc5c(n4)CCN(CC(N)=NO)C5)ncc3F)cc2n1C(C)C.Cc1nc2c(F)cc(-c3nc(Nc4ccc5c(n4)CCN(CCN(C)C)C5)ncc3F)cc2n1C.Cl. The molecule has 0 spiro atoms. The predicted octanol–water partition coefficient (Wildman–Crippen LogP) is 16.0. The van der Waals surface area contributed by atoms with Crippen LogP contribution in [0.25, 0.3) is 89.2 Å². The second-order valence-electron chi connectivity index (χ2n) is 35.4. The van der Waals surface area contributed by atoms with Crippen LogP contribution in [-0.2, 0) is 72.0 Å². The minimum atomic E-state index is -0.666. The molecular weight excluding hydrogens is 1830 g/mol. The zero-order chi connectivity index (χ0) is 97.9. The second kappa shape index (κ2) is 42.5. The van der Waals surface area contributed by atoms with Gasteiger partial charge in [-0.2, -0.15) is 0 Å². The van der Waals surface area contributed by atoms with E-state index in [2.05, 4.69) is 166 Å². The molecule has 4 aromatic carbocycles. The first kappa shape index (κ1) is 98.7. The number of anilines is 8. The molecule has 728 valence electrons. The molecule has 0 aliphatic carbocycles. The van der Waals surface area contributed by atoms with Crippen molar-refractivity contribution in [2.24, 2.45) is 17.9 Å². The molecule has 16 aromatic rings. The van der Waals surface area contributed by atoms with Crippen molar-refractivity contribution in [2.75, 3.05) is 108 Å². The number of pyridine rings is 4. The highest BCUT2D eigenvalue weighted by Crippen LogP contribution is 2.37. The molecule has 0 atom stereocenters. The number of oxime groups is 1. The molecule has 4 aliphatic rings. The summed E-state index contributed by atoms with van der Waals surface area (Å²) in [5.41, 5.74) is 18.9. The summed E-state index contributed by atoms with van der Waals surface area (Å²) in [4.78, 5) is 80.8. The topological polar surface area (TPSA) is 361 Å². The van der Waals surface area contributed by atoms with Crippen LogP contribution in [0, 0.1) is 74.2 Å². The van der Waals surface area contributed by atoms with Crippen LogP contribution in [0.4, 0.5) is 82.2 Å². The van der Waals surface area contributed by atoms with Crippen LogP contribution in [0.5, 0.6) is 0 Å².